The lowest BCUT2D eigenvalue weighted by atomic mass is 9.99. The summed E-state index contributed by atoms with van der Waals surface area (Å²) in [5.41, 5.74) is 6.01. The first-order chi connectivity index (χ1) is 6.29. The van der Waals surface area contributed by atoms with Crippen molar-refractivity contribution in [2.45, 2.75) is 31.8 Å². The fourth-order valence-electron chi connectivity index (χ4n) is 2.05. The monoisotopic (exact) mass is 182 g/mol. The van der Waals surface area contributed by atoms with Crippen LogP contribution < -0.4 is 11.1 Å². The third-order valence-corrected chi connectivity index (χ3v) is 2.98. The van der Waals surface area contributed by atoms with Crippen LogP contribution in [0.25, 0.3) is 0 Å². The molecule has 0 saturated carbocycles. The Morgan fingerprint density at radius 3 is 3.15 bits per heavy atom. The minimum atomic E-state index is 0.304. The van der Waals surface area contributed by atoms with Crippen LogP contribution in [0.2, 0.25) is 0 Å². The second kappa shape index (κ2) is 3.54. The van der Waals surface area contributed by atoms with Crippen LogP contribution in [0.1, 0.15) is 19.8 Å². The standard InChI is InChI=1S/C9H18N4/c1-7-8(10)3-2-6-13(7)9-11-4-5-12-9/h7-8H,2-6,10H2,1H3,(H,11,12)/t7-,8-/m1/s1. The number of nitrogens with one attached hydrogen (secondary N) is 1. The van der Waals surface area contributed by atoms with Crippen LogP contribution >= 0.6 is 0 Å². The molecule has 0 radical (unpaired) electrons. The number of piperidine rings is 1. The molecule has 1 fully saturated rings. The maximum atomic E-state index is 6.01. The number of hydrogen-bond acceptors (Lipinski definition) is 4. The molecule has 1 saturated heterocycles. The lowest BCUT2D eigenvalue weighted by Crippen LogP contribution is -2.55. The molecule has 74 valence electrons. The molecule has 2 heterocycles. The molecule has 2 aliphatic heterocycles. The molecule has 0 spiro atoms. The number of aliphatic imine (C=N–C) groups is 1. The average Bonchev–Trinajstić information content (AvgIpc) is 2.62. The Hall–Kier alpha value is -0.770. The van der Waals surface area contributed by atoms with Crippen molar-refractivity contribution in [3.8, 4) is 0 Å². The van der Waals surface area contributed by atoms with Crippen LogP contribution in [0.5, 0.6) is 0 Å². The summed E-state index contributed by atoms with van der Waals surface area (Å²) in [6.07, 6.45) is 2.33. The lowest BCUT2D eigenvalue weighted by Gasteiger charge is -2.38. The Balaban J connectivity index is 2.04. The first-order valence-electron chi connectivity index (χ1n) is 5.09. The van der Waals surface area contributed by atoms with E-state index in [1.54, 1.807) is 0 Å². The van der Waals surface area contributed by atoms with Crippen molar-refractivity contribution in [1.82, 2.24) is 10.2 Å². The minimum absolute atomic E-state index is 0.304. The van der Waals surface area contributed by atoms with E-state index in [1.807, 2.05) is 0 Å². The summed E-state index contributed by atoms with van der Waals surface area (Å²) < 4.78 is 0. The fourth-order valence-corrected chi connectivity index (χ4v) is 2.05. The summed E-state index contributed by atoms with van der Waals surface area (Å²) >= 11 is 0. The summed E-state index contributed by atoms with van der Waals surface area (Å²) in [7, 11) is 0. The van der Waals surface area contributed by atoms with Gasteiger partial charge in [0.2, 0.25) is 0 Å². The Morgan fingerprint density at radius 2 is 2.46 bits per heavy atom. The van der Waals surface area contributed by atoms with Gasteiger partial charge in [-0.3, -0.25) is 4.99 Å². The zero-order chi connectivity index (χ0) is 9.26. The van der Waals surface area contributed by atoms with Gasteiger partial charge in [-0.15, -0.1) is 0 Å². The molecule has 0 aliphatic carbocycles. The van der Waals surface area contributed by atoms with Gasteiger partial charge in [-0.25, -0.2) is 0 Å². The van der Waals surface area contributed by atoms with Gasteiger partial charge in [0.05, 0.1) is 6.54 Å². The lowest BCUT2D eigenvalue weighted by molar-refractivity contribution is 0.223. The maximum absolute atomic E-state index is 6.01. The highest BCUT2D eigenvalue weighted by atomic mass is 15.3. The molecular weight excluding hydrogens is 164 g/mol. The second-order valence-corrected chi connectivity index (χ2v) is 3.87. The van der Waals surface area contributed by atoms with E-state index in [4.69, 9.17) is 5.73 Å². The zero-order valence-electron chi connectivity index (χ0n) is 8.16. The molecule has 0 aromatic heterocycles. The van der Waals surface area contributed by atoms with E-state index in [0.717, 1.165) is 32.0 Å². The molecular formula is C9H18N4. The number of hydrogen-bond donors (Lipinski definition) is 2. The summed E-state index contributed by atoms with van der Waals surface area (Å²) in [5.74, 6) is 1.06. The first-order valence-corrected chi connectivity index (χ1v) is 5.09. The van der Waals surface area contributed by atoms with Gasteiger partial charge in [0.15, 0.2) is 5.96 Å². The second-order valence-electron chi connectivity index (χ2n) is 3.87. The van der Waals surface area contributed by atoms with Gasteiger partial charge in [0.1, 0.15) is 0 Å². The predicted molar refractivity (Wildman–Crippen MR) is 53.7 cm³/mol. The minimum Gasteiger partial charge on any atom is -0.354 e. The molecule has 2 aliphatic rings. The van der Waals surface area contributed by atoms with Crippen LogP contribution in [0.3, 0.4) is 0 Å². The fraction of sp³-hybridized carbons (Fsp3) is 0.889. The van der Waals surface area contributed by atoms with Gasteiger partial charge in [-0.2, -0.15) is 0 Å². The van der Waals surface area contributed by atoms with Gasteiger partial charge in [0, 0.05) is 25.2 Å². The highest BCUT2D eigenvalue weighted by Crippen LogP contribution is 2.16. The molecule has 0 bridgehead atoms. The number of rotatable bonds is 0. The van der Waals surface area contributed by atoms with E-state index < -0.39 is 0 Å². The molecule has 2 rings (SSSR count). The van der Waals surface area contributed by atoms with E-state index in [2.05, 4.69) is 22.1 Å². The Kier molecular flexibility index (Phi) is 2.40. The Labute approximate surface area is 79.2 Å². The number of nitrogens with two attached hydrogens (primary N) is 1. The SMILES string of the molecule is C[C@@H]1[C@H](N)CCCN1C1=NCCN1. The normalized spacial score (nSPS) is 34.3. The van der Waals surface area contributed by atoms with Crippen molar-refractivity contribution in [2.24, 2.45) is 10.7 Å². The average molecular weight is 182 g/mol. The molecule has 2 atom stereocenters. The topological polar surface area (TPSA) is 53.6 Å². The smallest absolute Gasteiger partial charge is 0.194 e. The predicted octanol–water partition coefficient (Wildman–Crippen LogP) is -0.243. The van der Waals surface area contributed by atoms with Crippen molar-refractivity contribution in [1.29, 1.82) is 0 Å². The third kappa shape index (κ3) is 1.63. The van der Waals surface area contributed by atoms with Gasteiger partial charge in [-0.05, 0) is 19.8 Å². The van der Waals surface area contributed by atoms with Crippen LogP contribution in [0.4, 0.5) is 0 Å². The maximum Gasteiger partial charge on any atom is 0.194 e. The molecule has 0 aromatic rings. The summed E-state index contributed by atoms with van der Waals surface area (Å²) in [6.45, 7) is 5.18. The van der Waals surface area contributed by atoms with E-state index in [0.29, 0.717) is 12.1 Å². The molecule has 13 heavy (non-hydrogen) atoms. The van der Waals surface area contributed by atoms with Crippen molar-refractivity contribution < 1.29 is 0 Å². The summed E-state index contributed by atoms with van der Waals surface area (Å²) in [5, 5.41) is 3.30. The number of likely N-dealkylation sites (tertiary alicyclic amines) is 1. The summed E-state index contributed by atoms with van der Waals surface area (Å²) in [4.78, 5) is 6.73. The van der Waals surface area contributed by atoms with E-state index in [9.17, 15) is 0 Å². The number of nitrogens with zero attached hydrogens (tertiary/aromatic N) is 2. The van der Waals surface area contributed by atoms with Crippen LogP contribution in [-0.2, 0) is 0 Å². The molecule has 4 nitrogen and oxygen atoms in total. The Bertz CT molecular complexity index is 214. The van der Waals surface area contributed by atoms with E-state index >= 15 is 0 Å². The Morgan fingerprint density at radius 1 is 1.62 bits per heavy atom. The van der Waals surface area contributed by atoms with Crippen molar-refractivity contribution >= 4 is 5.96 Å². The van der Waals surface area contributed by atoms with Crippen LogP contribution in [0.15, 0.2) is 4.99 Å². The van der Waals surface area contributed by atoms with Crippen molar-refractivity contribution in [3.05, 3.63) is 0 Å². The summed E-state index contributed by atoms with van der Waals surface area (Å²) in [6, 6.07) is 0.733. The third-order valence-electron chi connectivity index (χ3n) is 2.98. The largest absolute Gasteiger partial charge is 0.354 e. The van der Waals surface area contributed by atoms with E-state index in [-0.39, 0.29) is 0 Å². The van der Waals surface area contributed by atoms with Crippen molar-refractivity contribution in [2.75, 3.05) is 19.6 Å². The first kappa shape index (κ1) is 8.81. The highest BCUT2D eigenvalue weighted by molar-refractivity contribution is 5.81. The van der Waals surface area contributed by atoms with E-state index in [1.165, 1.54) is 6.42 Å². The molecule has 4 heteroatoms. The zero-order valence-corrected chi connectivity index (χ0v) is 8.16. The molecule has 3 N–H and O–H groups in total. The van der Waals surface area contributed by atoms with Gasteiger partial charge < -0.3 is 16.0 Å². The van der Waals surface area contributed by atoms with Crippen molar-refractivity contribution in [3.63, 3.8) is 0 Å². The molecule has 0 amide bonds. The quantitative estimate of drug-likeness (QED) is 0.543. The van der Waals surface area contributed by atoms with Gasteiger partial charge in [-0.1, -0.05) is 0 Å². The molecule has 0 aromatic carbocycles. The van der Waals surface area contributed by atoms with Crippen LogP contribution in [0, 0.1) is 0 Å². The number of guanidine groups is 1. The highest BCUT2D eigenvalue weighted by Gasteiger charge is 2.28. The van der Waals surface area contributed by atoms with Crippen LogP contribution in [-0.4, -0.2) is 42.6 Å². The molecule has 0 unspecified atom stereocenters. The van der Waals surface area contributed by atoms with Gasteiger partial charge >= 0.3 is 0 Å². The van der Waals surface area contributed by atoms with Gasteiger partial charge in [0.25, 0.3) is 0 Å².